The van der Waals surface area contributed by atoms with E-state index in [-0.39, 0.29) is 24.2 Å². The first-order valence-electron chi connectivity index (χ1n) is 9.20. The molecule has 2 atom stereocenters. The minimum Gasteiger partial charge on any atom is -0.485 e. The van der Waals surface area contributed by atoms with Crippen molar-refractivity contribution in [3.05, 3.63) is 53.8 Å². The van der Waals surface area contributed by atoms with Gasteiger partial charge in [0.1, 0.15) is 28.9 Å². The van der Waals surface area contributed by atoms with Crippen molar-refractivity contribution in [1.82, 2.24) is 14.3 Å². The quantitative estimate of drug-likeness (QED) is 0.676. The van der Waals surface area contributed by atoms with E-state index in [2.05, 4.69) is 9.36 Å². The molecule has 1 amide bonds. The third kappa shape index (κ3) is 3.34. The van der Waals surface area contributed by atoms with Gasteiger partial charge in [0, 0.05) is 42.5 Å². The highest BCUT2D eigenvalue weighted by molar-refractivity contribution is 7.08. The fraction of sp³-hybridized carbons (Fsp3) is 0.350. The van der Waals surface area contributed by atoms with Crippen LogP contribution in [0.25, 0.3) is 10.8 Å². The third-order valence-corrected chi connectivity index (χ3v) is 5.81. The van der Waals surface area contributed by atoms with E-state index in [1.165, 1.54) is 11.5 Å². The fourth-order valence-corrected chi connectivity index (χ4v) is 4.23. The Morgan fingerprint density at radius 1 is 1.11 bits per heavy atom. The normalized spacial score (nSPS) is 22.8. The Labute approximate surface area is 166 Å². The van der Waals surface area contributed by atoms with Crippen molar-refractivity contribution in [2.45, 2.75) is 18.3 Å². The number of aromatic nitrogens is 2. The molecule has 5 rings (SSSR count). The zero-order chi connectivity index (χ0) is 18.9. The molecule has 0 saturated carbocycles. The molecule has 0 spiro atoms. The van der Waals surface area contributed by atoms with Gasteiger partial charge < -0.3 is 19.1 Å². The number of carbonyl (C=O) groups excluding carboxylic acids is 1. The molecule has 2 aliphatic heterocycles. The van der Waals surface area contributed by atoms with Gasteiger partial charge in [-0.05, 0) is 29.7 Å². The van der Waals surface area contributed by atoms with Crippen LogP contribution in [-0.4, -0.2) is 64.8 Å². The van der Waals surface area contributed by atoms with Crippen molar-refractivity contribution in [3.8, 4) is 5.75 Å². The first kappa shape index (κ1) is 17.5. The summed E-state index contributed by atoms with van der Waals surface area (Å²) < 4.78 is 22.3. The SMILES string of the molecule is O=C(c1ccns1)N1C[C@@H]2OCC(Oc3cccc4cnccc34)CO[C@H]2C1. The second kappa shape index (κ2) is 7.46. The molecule has 144 valence electrons. The van der Waals surface area contributed by atoms with E-state index in [0.717, 1.165) is 16.5 Å². The number of rotatable bonds is 3. The number of benzene rings is 1. The Kier molecular flexibility index (Phi) is 4.67. The van der Waals surface area contributed by atoms with Gasteiger partial charge in [0.25, 0.3) is 5.91 Å². The van der Waals surface area contributed by atoms with Crippen LogP contribution in [0.5, 0.6) is 5.75 Å². The number of likely N-dealkylation sites (tertiary alicyclic amines) is 1. The van der Waals surface area contributed by atoms with E-state index in [9.17, 15) is 4.79 Å². The van der Waals surface area contributed by atoms with E-state index < -0.39 is 0 Å². The number of hydrogen-bond donors (Lipinski definition) is 0. The summed E-state index contributed by atoms with van der Waals surface area (Å²) >= 11 is 1.21. The number of amides is 1. The first-order chi connectivity index (χ1) is 13.8. The average Bonchev–Trinajstić information content (AvgIpc) is 3.37. The molecule has 8 heteroatoms. The van der Waals surface area contributed by atoms with Crippen LogP contribution in [0.1, 0.15) is 9.67 Å². The van der Waals surface area contributed by atoms with Crippen LogP contribution in [0, 0.1) is 0 Å². The van der Waals surface area contributed by atoms with E-state index in [0.29, 0.717) is 31.2 Å². The maximum Gasteiger partial charge on any atom is 0.265 e. The van der Waals surface area contributed by atoms with Crippen molar-refractivity contribution in [2.75, 3.05) is 26.3 Å². The number of carbonyl (C=O) groups is 1. The fourth-order valence-electron chi connectivity index (χ4n) is 3.67. The number of fused-ring (bicyclic) bond motifs is 2. The lowest BCUT2D eigenvalue weighted by molar-refractivity contribution is -0.00461. The molecule has 0 aliphatic carbocycles. The molecule has 0 radical (unpaired) electrons. The van der Waals surface area contributed by atoms with Crippen molar-refractivity contribution in [1.29, 1.82) is 0 Å². The Morgan fingerprint density at radius 3 is 2.68 bits per heavy atom. The van der Waals surface area contributed by atoms with Crippen LogP contribution in [0.4, 0.5) is 0 Å². The zero-order valence-electron chi connectivity index (χ0n) is 15.1. The molecule has 3 aromatic rings. The highest BCUT2D eigenvalue weighted by Crippen LogP contribution is 2.28. The maximum atomic E-state index is 12.5. The predicted octanol–water partition coefficient (Wildman–Crippen LogP) is 2.38. The summed E-state index contributed by atoms with van der Waals surface area (Å²) in [5.41, 5.74) is 0. The molecule has 2 aromatic heterocycles. The molecule has 2 aliphatic rings. The van der Waals surface area contributed by atoms with Gasteiger partial charge in [0.2, 0.25) is 0 Å². The molecule has 2 saturated heterocycles. The number of pyridine rings is 1. The summed E-state index contributed by atoms with van der Waals surface area (Å²) in [6, 6.07) is 9.60. The minimum atomic E-state index is -0.199. The summed E-state index contributed by atoms with van der Waals surface area (Å²) in [5.74, 6) is 0.783. The van der Waals surface area contributed by atoms with Gasteiger partial charge in [-0.2, -0.15) is 0 Å². The second-order valence-electron chi connectivity index (χ2n) is 6.92. The zero-order valence-corrected chi connectivity index (χ0v) is 15.9. The van der Waals surface area contributed by atoms with Crippen LogP contribution in [0.15, 0.2) is 48.9 Å². The van der Waals surface area contributed by atoms with Crippen molar-refractivity contribution < 1.29 is 19.0 Å². The molecule has 0 bridgehead atoms. The molecule has 28 heavy (non-hydrogen) atoms. The van der Waals surface area contributed by atoms with Gasteiger partial charge in [-0.15, -0.1) is 0 Å². The van der Waals surface area contributed by atoms with Crippen molar-refractivity contribution in [2.24, 2.45) is 0 Å². The number of hydrogen-bond acceptors (Lipinski definition) is 7. The maximum absolute atomic E-state index is 12.5. The van der Waals surface area contributed by atoms with E-state index >= 15 is 0 Å². The van der Waals surface area contributed by atoms with Crippen LogP contribution in [0.2, 0.25) is 0 Å². The van der Waals surface area contributed by atoms with Crippen LogP contribution >= 0.6 is 11.5 Å². The monoisotopic (exact) mass is 397 g/mol. The summed E-state index contributed by atoms with van der Waals surface area (Å²) in [5, 5.41) is 2.05. The Hall–Kier alpha value is -2.55. The minimum absolute atomic E-state index is 0.0139. The van der Waals surface area contributed by atoms with Gasteiger partial charge >= 0.3 is 0 Å². The lowest BCUT2D eigenvalue weighted by atomic mass is 10.1. The highest BCUT2D eigenvalue weighted by atomic mass is 32.1. The standard InChI is InChI=1S/C20H19N3O4S/c24-20(19-5-7-22-28-19)23-9-17-18(10-23)26-12-14(11-25-17)27-16-3-1-2-13-8-21-6-4-15(13)16/h1-8,14,17-18H,9-12H2/t17-,18-/m0/s1. The second-order valence-corrected chi connectivity index (χ2v) is 7.76. The Morgan fingerprint density at radius 2 is 1.93 bits per heavy atom. The third-order valence-electron chi connectivity index (χ3n) is 5.08. The lowest BCUT2D eigenvalue weighted by Gasteiger charge is -2.20. The largest absolute Gasteiger partial charge is 0.485 e. The van der Waals surface area contributed by atoms with E-state index in [1.54, 1.807) is 23.4 Å². The molecule has 4 heterocycles. The molecular weight excluding hydrogens is 378 g/mol. The first-order valence-corrected chi connectivity index (χ1v) is 9.98. The van der Waals surface area contributed by atoms with Gasteiger partial charge in [-0.3, -0.25) is 9.78 Å². The molecule has 1 aromatic carbocycles. The van der Waals surface area contributed by atoms with Crippen LogP contribution in [-0.2, 0) is 9.47 Å². The van der Waals surface area contributed by atoms with Crippen LogP contribution < -0.4 is 4.74 Å². The molecule has 2 fully saturated rings. The van der Waals surface area contributed by atoms with Crippen molar-refractivity contribution in [3.63, 3.8) is 0 Å². The van der Waals surface area contributed by atoms with Gasteiger partial charge in [0.15, 0.2) is 0 Å². The summed E-state index contributed by atoms with van der Waals surface area (Å²) in [7, 11) is 0. The molecule has 0 N–H and O–H groups in total. The Balaban J connectivity index is 1.24. The van der Waals surface area contributed by atoms with Gasteiger partial charge in [-0.25, -0.2) is 4.37 Å². The van der Waals surface area contributed by atoms with Crippen molar-refractivity contribution >= 4 is 28.2 Å². The van der Waals surface area contributed by atoms with E-state index in [1.807, 2.05) is 30.5 Å². The van der Waals surface area contributed by atoms with E-state index in [4.69, 9.17) is 14.2 Å². The summed E-state index contributed by atoms with van der Waals surface area (Å²) in [6.07, 6.45) is 4.75. The highest BCUT2D eigenvalue weighted by Gasteiger charge is 2.40. The number of nitrogens with zero attached hydrogens (tertiary/aromatic N) is 3. The Bertz CT molecular complexity index is 959. The smallest absolute Gasteiger partial charge is 0.265 e. The molecule has 7 nitrogen and oxygen atoms in total. The number of ether oxygens (including phenoxy) is 3. The van der Waals surface area contributed by atoms with Crippen LogP contribution in [0.3, 0.4) is 0 Å². The predicted molar refractivity (Wildman–Crippen MR) is 104 cm³/mol. The molecular formula is C20H19N3O4S. The topological polar surface area (TPSA) is 73.8 Å². The van der Waals surface area contributed by atoms with Gasteiger partial charge in [0.05, 0.1) is 13.2 Å². The average molecular weight is 397 g/mol. The summed E-state index contributed by atoms with van der Waals surface area (Å²) in [6.45, 7) is 1.89. The lowest BCUT2D eigenvalue weighted by Crippen LogP contribution is -2.32. The molecule has 0 unspecified atom stereocenters. The summed E-state index contributed by atoms with van der Waals surface area (Å²) in [4.78, 5) is 19.1. The van der Waals surface area contributed by atoms with Gasteiger partial charge in [-0.1, -0.05) is 12.1 Å².